The van der Waals surface area contributed by atoms with Crippen molar-refractivity contribution < 1.29 is 32.2 Å². The molecule has 1 saturated heterocycles. The van der Waals surface area contributed by atoms with E-state index >= 15 is 0 Å². The number of fused-ring (bicyclic) bond motifs is 2. The fourth-order valence-corrected chi connectivity index (χ4v) is 6.42. The molecule has 0 aliphatic carbocycles. The van der Waals surface area contributed by atoms with Crippen molar-refractivity contribution in [3.05, 3.63) is 52.3 Å². The molecule has 3 aliphatic rings. The number of carbonyl (C=O) groups is 1. The summed E-state index contributed by atoms with van der Waals surface area (Å²) in [5.74, 6) is 2.74. The Labute approximate surface area is 192 Å². The summed E-state index contributed by atoms with van der Waals surface area (Å²) in [5.41, 5.74) is 2.87. The van der Waals surface area contributed by atoms with E-state index in [-0.39, 0.29) is 29.1 Å². The molecule has 3 heterocycles. The van der Waals surface area contributed by atoms with Gasteiger partial charge in [-0.05, 0) is 43.2 Å². The minimum Gasteiger partial charge on any atom is -0.493 e. The summed E-state index contributed by atoms with van der Waals surface area (Å²) in [4.78, 5) is 15.2. The molecule has 0 saturated carbocycles. The highest BCUT2D eigenvalue weighted by molar-refractivity contribution is 7.91. The Morgan fingerprint density at radius 3 is 2.61 bits per heavy atom. The molecular formula is C24H25NO7S. The van der Waals surface area contributed by atoms with Gasteiger partial charge in [-0.2, -0.15) is 0 Å². The number of benzene rings is 2. The molecule has 3 aliphatic heterocycles. The first-order chi connectivity index (χ1) is 15.8. The zero-order valence-corrected chi connectivity index (χ0v) is 19.5. The largest absolute Gasteiger partial charge is 0.493 e. The average molecular weight is 472 g/mol. The molecule has 0 N–H and O–H groups in total. The third-order valence-electron chi connectivity index (χ3n) is 6.39. The van der Waals surface area contributed by atoms with Crippen molar-refractivity contribution in [1.82, 2.24) is 4.90 Å². The Bertz CT molecular complexity index is 1280. The zero-order chi connectivity index (χ0) is 23.3. The minimum atomic E-state index is -2.99. The molecule has 1 atom stereocenters. The SMILES string of the molecule is COc1ccc(/C=C2\Oc3c(cc4c(c3C)OCN([C@H]3CCS(=O)(=O)C3)C4)C2=O)cc1OC. The maximum atomic E-state index is 13.2. The lowest BCUT2D eigenvalue weighted by Gasteiger charge is -2.33. The lowest BCUT2D eigenvalue weighted by Crippen LogP contribution is -2.41. The third kappa shape index (κ3) is 3.85. The second kappa shape index (κ2) is 8.07. The first-order valence-corrected chi connectivity index (χ1v) is 12.5. The monoisotopic (exact) mass is 471 g/mol. The minimum absolute atomic E-state index is 0.0656. The number of rotatable bonds is 4. The number of Topliss-reactive ketones (excluding diaryl/α,β-unsaturated/α-hetero) is 1. The molecule has 9 heteroatoms. The highest BCUT2D eigenvalue weighted by atomic mass is 32.2. The van der Waals surface area contributed by atoms with E-state index in [2.05, 4.69) is 0 Å². The fourth-order valence-electron chi connectivity index (χ4n) is 4.66. The maximum absolute atomic E-state index is 13.2. The van der Waals surface area contributed by atoms with E-state index in [0.717, 1.165) is 16.7 Å². The lowest BCUT2D eigenvalue weighted by atomic mass is 9.99. The summed E-state index contributed by atoms with van der Waals surface area (Å²) < 4.78 is 46.4. The van der Waals surface area contributed by atoms with Crippen molar-refractivity contribution >= 4 is 21.7 Å². The number of hydrogen-bond acceptors (Lipinski definition) is 8. The molecule has 174 valence electrons. The van der Waals surface area contributed by atoms with E-state index in [4.69, 9.17) is 18.9 Å². The average Bonchev–Trinajstić information content (AvgIpc) is 3.33. The Morgan fingerprint density at radius 1 is 1.12 bits per heavy atom. The molecule has 0 unspecified atom stereocenters. The van der Waals surface area contributed by atoms with Gasteiger partial charge in [-0.1, -0.05) is 6.07 Å². The molecule has 0 aromatic heterocycles. The van der Waals surface area contributed by atoms with Crippen LogP contribution in [0, 0.1) is 6.92 Å². The summed E-state index contributed by atoms with van der Waals surface area (Å²) in [6.07, 6.45) is 2.28. The van der Waals surface area contributed by atoms with Gasteiger partial charge in [0.25, 0.3) is 0 Å². The van der Waals surface area contributed by atoms with Crippen molar-refractivity contribution in [3.8, 4) is 23.0 Å². The van der Waals surface area contributed by atoms with Crippen LogP contribution in [0.25, 0.3) is 6.08 Å². The number of hydrogen-bond donors (Lipinski definition) is 0. The molecule has 2 aromatic carbocycles. The van der Waals surface area contributed by atoms with Crippen LogP contribution in [0.4, 0.5) is 0 Å². The van der Waals surface area contributed by atoms with E-state index in [1.807, 2.05) is 24.0 Å². The van der Waals surface area contributed by atoms with Gasteiger partial charge in [0.1, 0.15) is 18.2 Å². The first-order valence-electron chi connectivity index (χ1n) is 10.7. The van der Waals surface area contributed by atoms with Gasteiger partial charge < -0.3 is 18.9 Å². The summed E-state index contributed by atoms with van der Waals surface area (Å²) in [5, 5.41) is 0. The quantitative estimate of drug-likeness (QED) is 0.629. The van der Waals surface area contributed by atoms with Gasteiger partial charge in [0.05, 0.1) is 31.3 Å². The van der Waals surface area contributed by atoms with Gasteiger partial charge in [-0.25, -0.2) is 8.42 Å². The molecule has 0 spiro atoms. The lowest BCUT2D eigenvalue weighted by molar-refractivity contribution is 0.0637. The fraction of sp³-hybridized carbons (Fsp3) is 0.375. The molecule has 33 heavy (non-hydrogen) atoms. The van der Waals surface area contributed by atoms with E-state index in [0.29, 0.717) is 48.3 Å². The van der Waals surface area contributed by atoms with Crippen LogP contribution in [0.1, 0.15) is 33.5 Å². The van der Waals surface area contributed by atoms with Crippen LogP contribution in [0.15, 0.2) is 30.0 Å². The predicted octanol–water partition coefficient (Wildman–Crippen LogP) is 2.97. The summed E-state index contributed by atoms with van der Waals surface area (Å²) in [6.45, 7) is 2.72. The van der Waals surface area contributed by atoms with Gasteiger partial charge in [0.15, 0.2) is 27.1 Å². The number of sulfone groups is 1. The highest BCUT2D eigenvalue weighted by Gasteiger charge is 2.37. The van der Waals surface area contributed by atoms with Crippen LogP contribution in [0.3, 0.4) is 0 Å². The molecule has 2 aromatic rings. The molecule has 8 nitrogen and oxygen atoms in total. The van der Waals surface area contributed by atoms with Crippen molar-refractivity contribution in [2.45, 2.75) is 25.9 Å². The van der Waals surface area contributed by atoms with E-state index in [1.165, 1.54) is 0 Å². The van der Waals surface area contributed by atoms with Crippen LogP contribution in [-0.2, 0) is 16.4 Å². The second-order valence-electron chi connectivity index (χ2n) is 8.50. The van der Waals surface area contributed by atoms with Gasteiger partial charge in [0.2, 0.25) is 5.78 Å². The topological polar surface area (TPSA) is 91.4 Å². The van der Waals surface area contributed by atoms with Gasteiger partial charge >= 0.3 is 0 Å². The third-order valence-corrected chi connectivity index (χ3v) is 8.15. The van der Waals surface area contributed by atoms with Crippen molar-refractivity contribution in [1.29, 1.82) is 0 Å². The van der Waals surface area contributed by atoms with E-state index < -0.39 is 9.84 Å². The van der Waals surface area contributed by atoms with Crippen LogP contribution >= 0.6 is 0 Å². The van der Waals surface area contributed by atoms with Crippen molar-refractivity contribution in [3.63, 3.8) is 0 Å². The smallest absolute Gasteiger partial charge is 0.231 e. The molecule has 0 amide bonds. The summed E-state index contributed by atoms with van der Waals surface area (Å²) in [7, 11) is 0.130. The molecule has 0 bridgehead atoms. The second-order valence-corrected chi connectivity index (χ2v) is 10.7. The van der Waals surface area contributed by atoms with Crippen molar-refractivity contribution in [2.75, 3.05) is 32.5 Å². The van der Waals surface area contributed by atoms with Gasteiger partial charge in [-0.3, -0.25) is 9.69 Å². The number of ether oxygens (including phenoxy) is 4. The van der Waals surface area contributed by atoms with E-state index in [9.17, 15) is 13.2 Å². The number of allylic oxidation sites excluding steroid dienone is 1. The number of methoxy groups -OCH3 is 2. The van der Waals surface area contributed by atoms with Crippen LogP contribution in [0.2, 0.25) is 0 Å². The first kappa shape index (κ1) is 21.8. The standard InChI is InChI=1S/C24H25NO7S/c1-14-23-16(11-25(13-31-23)17-6-7-33(27,28)12-17)10-18-22(26)21(32-24(14)18)9-15-4-5-19(29-2)20(8-15)30-3/h4-5,8-10,17H,6-7,11-13H2,1-3H3/b21-9-/t17-/m0/s1. The predicted molar refractivity (Wildman–Crippen MR) is 122 cm³/mol. The number of nitrogens with zero attached hydrogens (tertiary/aromatic N) is 1. The Kier molecular flexibility index (Phi) is 5.33. The molecule has 0 radical (unpaired) electrons. The Hall–Kier alpha value is -3.04. The summed E-state index contributed by atoms with van der Waals surface area (Å²) >= 11 is 0. The van der Waals surface area contributed by atoms with E-state index in [1.54, 1.807) is 32.4 Å². The van der Waals surface area contributed by atoms with Crippen molar-refractivity contribution in [2.24, 2.45) is 0 Å². The highest BCUT2D eigenvalue weighted by Crippen LogP contribution is 2.44. The summed E-state index contributed by atoms with van der Waals surface area (Å²) in [6, 6.07) is 7.12. The Balaban J connectivity index is 1.43. The van der Waals surface area contributed by atoms with Crippen LogP contribution in [-0.4, -0.2) is 57.6 Å². The van der Waals surface area contributed by atoms with Gasteiger partial charge in [-0.15, -0.1) is 0 Å². The van der Waals surface area contributed by atoms with Crippen LogP contribution in [0.5, 0.6) is 23.0 Å². The molecule has 1 fully saturated rings. The Morgan fingerprint density at radius 2 is 1.91 bits per heavy atom. The van der Waals surface area contributed by atoms with Gasteiger partial charge in [0, 0.05) is 23.7 Å². The molecule has 5 rings (SSSR count). The van der Waals surface area contributed by atoms with Crippen LogP contribution < -0.4 is 18.9 Å². The molecular weight excluding hydrogens is 446 g/mol. The zero-order valence-electron chi connectivity index (χ0n) is 18.7. The normalized spacial score (nSPS) is 22.5. The number of carbonyl (C=O) groups excluding carboxylic acids is 1. The number of ketones is 1. The maximum Gasteiger partial charge on any atom is 0.231 e.